The molecule has 29 heavy (non-hydrogen) atoms. The zero-order valence-corrected chi connectivity index (χ0v) is 17.5. The molecule has 0 bridgehead atoms. The fourth-order valence-electron chi connectivity index (χ4n) is 2.88. The Bertz CT molecular complexity index is 1040. The lowest BCUT2D eigenvalue weighted by atomic mass is 10.1. The number of carbonyl (C=O) groups excluding carboxylic acids is 1. The number of thioether (sulfide) groups is 1. The summed E-state index contributed by atoms with van der Waals surface area (Å²) in [5, 5.41) is 20.9. The van der Waals surface area contributed by atoms with E-state index < -0.39 is 0 Å². The molecule has 0 saturated carbocycles. The summed E-state index contributed by atoms with van der Waals surface area (Å²) in [5.74, 6) is 0.695. The van der Waals surface area contributed by atoms with Gasteiger partial charge in [0.25, 0.3) is 0 Å². The molecule has 0 unspecified atom stereocenters. The van der Waals surface area contributed by atoms with Crippen molar-refractivity contribution in [2.75, 3.05) is 5.32 Å². The van der Waals surface area contributed by atoms with E-state index in [2.05, 4.69) is 52.1 Å². The summed E-state index contributed by atoms with van der Waals surface area (Å²) in [6, 6.07) is 17.1. The van der Waals surface area contributed by atoms with Crippen LogP contribution in [0.1, 0.15) is 31.4 Å². The molecule has 7 heteroatoms. The van der Waals surface area contributed by atoms with Crippen LogP contribution in [0.3, 0.4) is 0 Å². The summed E-state index contributed by atoms with van der Waals surface area (Å²) in [6.07, 6.45) is 0.941. The van der Waals surface area contributed by atoms with E-state index in [1.807, 2.05) is 19.1 Å². The van der Waals surface area contributed by atoms with Crippen molar-refractivity contribution in [3.8, 4) is 17.5 Å². The number of carbonyl (C=O) groups is 1. The van der Waals surface area contributed by atoms with Crippen LogP contribution in [0.25, 0.3) is 11.4 Å². The Balaban J connectivity index is 1.76. The summed E-state index contributed by atoms with van der Waals surface area (Å²) in [7, 11) is 0. The number of aromatic nitrogens is 3. The summed E-state index contributed by atoms with van der Waals surface area (Å²) in [4.78, 5) is 12.6. The Labute approximate surface area is 175 Å². The standard InChI is InChI=1S/C22H23N5OS/c1-4-12-27-20(18-7-5-6-15(2)13-18)25-26-22(27)29-16(3)21(28)24-19-10-8-17(14-23)9-11-19/h5-11,13,16H,4,12H2,1-3H3,(H,24,28)/t16-/m0/s1. The van der Waals surface area contributed by atoms with E-state index in [0.29, 0.717) is 11.3 Å². The van der Waals surface area contributed by atoms with Crippen LogP contribution >= 0.6 is 11.8 Å². The third-order valence-corrected chi connectivity index (χ3v) is 5.45. The summed E-state index contributed by atoms with van der Waals surface area (Å²) in [5.41, 5.74) is 3.41. The first kappa shape index (κ1) is 20.6. The Hall–Kier alpha value is -3.11. The minimum absolute atomic E-state index is 0.122. The number of nitriles is 1. The zero-order chi connectivity index (χ0) is 20.8. The molecule has 0 aliphatic heterocycles. The molecule has 0 spiro atoms. The van der Waals surface area contributed by atoms with Crippen molar-refractivity contribution in [1.82, 2.24) is 14.8 Å². The van der Waals surface area contributed by atoms with Crippen molar-refractivity contribution in [2.24, 2.45) is 0 Å². The van der Waals surface area contributed by atoms with Gasteiger partial charge in [0, 0.05) is 17.8 Å². The molecule has 1 amide bonds. The molecular weight excluding hydrogens is 382 g/mol. The van der Waals surface area contributed by atoms with Gasteiger partial charge in [0.05, 0.1) is 16.9 Å². The number of rotatable bonds is 7. The maximum absolute atomic E-state index is 12.6. The average Bonchev–Trinajstić information content (AvgIpc) is 3.11. The molecule has 0 aliphatic rings. The highest BCUT2D eigenvalue weighted by Gasteiger charge is 2.21. The highest BCUT2D eigenvalue weighted by molar-refractivity contribution is 8.00. The van der Waals surface area contributed by atoms with Crippen molar-refractivity contribution < 1.29 is 4.79 Å². The largest absolute Gasteiger partial charge is 0.325 e. The minimum atomic E-state index is -0.351. The van der Waals surface area contributed by atoms with E-state index in [9.17, 15) is 4.79 Å². The molecule has 1 N–H and O–H groups in total. The maximum Gasteiger partial charge on any atom is 0.237 e. The van der Waals surface area contributed by atoms with Gasteiger partial charge < -0.3 is 9.88 Å². The predicted octanol–water partition coefficient (Wildman–Crippen LogP) is 4.65. The number of aryl methyl sites for hydroxylation is 1. The predicted molar refractivity (Wildman–Crippen MR) is 116 cm³/mol. The number of anilines is 1. The second-order valence-electron chi connectivity index (χ2n) is 6.77. The fourth-order valence-corrected chi connectivity index (χ4v) is 3.76. The van der Waals surface area contributed by atoms with Crippen LogP contribution in [0.4, 0.5) is 5.69 Å². The lowest BCUT2D eigenvalue weighted by molar-refractivity contribution is -0.115. The molecule has 1 aromatic heterocycles. The highest BCUT2D eigenvalue weighted by atomic mass is 32.2. The van der Waals surface area contributed by atoms with Gasteiger partial charge in [-0.3, -0.25) is 4.79 Å². The molecule has 0 saturated heterocycles. The van der Waals surface area contributed by atoms with Gasteiger partial charge in [0.2, 0.25) is 5.91 Å². The first-order valence-corrected chi connectivity index (χ1v) is 10.4. The van der Waals surface area contributed by atoms with Crippen molar-refractivity contribution in [2.45, 2.75) is 44.1 Å². The lowest BCUT2D eigenvalue weighted by Crippen LogP contribution is -2.23. The van der Waals surface area contributed by atoms with Gasteiger partial charge in [-0.25, -0.2) is 0 Å². The zero-order valence-electron chi connectivity index (χ0n) is 16.7. The van der Waals surface area contributed by atoms with Crippen LogP contribution in [0.2, 0.25) is 0 Å². The second kappa shape index (κ2) is 9.39. The quantitative estimate of drug-likeness (QED) is 0.578. The number of hydrogen-bond donors (Lipinski definition) is 1. The molecular formula is C22H23N5OS. The first-order valence-electron chi connectivity index (χ1n) is 9.49. The van der Waals surface area contributed by atoms with E-state index in [4.69, 9.17) is 5.26 Å². The van der Waals surface area contributed by atoms with Gasteiger partial charge in [0.15, 0.2) is 11.0 Å². The molecule has 6 nitrogen and oxygen atoms in total. The number of nitrogens with one attached hydrogen (secondary N) is 1. The number of hydrogen-bond acceptors (Lipinski definition) is 5. The molecule has 3 rings (SSSR count). The molecule has 0 fully saturated rings. The molecule has 2 aromatic carbocycles. The molecule has 0 radical (unpaired) electrons. The van der Waals surface area contributed by atoms with Crippen LogP contribution in [0.5, 0.6) is 0 Å². The Morgan fingerprint density at radius 3 is 2.66 bits per heavy atom. The van der Waals surface area contributed by atoms with Gasteiger partial charge in [-0.1, -0.05) is 42.4 Å². The van der Waals surface area contributed by atoms with E-state index >= 15 is 0 Å². The monoisotopic (exact) mass is 405 g/mol. The number of benzene rings is 2. The van der Waals surface area contributed by atoms with E-state index in [1.54, 1.807) is 24.3 Å². The molecule has 0 aliphatic carbocycles. The smallest absolute Gasteiger partial charge is 0.237 e. The summed E-state index contributed by atoms with van der Waals surface area (Å²) in [6.45, 7) is 6.79. The molecule has 3 aromatic rings. The topological polar surface area (TPSA) is 83.6 Å². The molecule has 148 valence electrons. The van der Waals surface area contributed by atoms with Crippen LogP contribution < -0.4 is 5.32 Å². The molecule has 1 heterocycles. The number of amides is 1. The fraction of sp³-hybridized carbons (Fsp3) is 0.273. The van der Waals surface area contributed by atoms with Gasteiger partial charge in [-0.2, -0.15) is 5.26 Å². The van der Waals surface area contributed by atoms with Gasteiger partial charge in [0.1, 0.15) is 0 Å². The van der Waals surface area contributed by atoms with Crippen molar-refractivity contribution in [1.29, 1.82) is 5.26 Å². The highest BCUT2D eigenvalue weighted by Crippen LogP contribution is 2.28. The molecule has 1 atom stereocenters. The van der Waals surface area contributed by atoms with Crippen LogP contribution in [0, 0.1) is 18.3 Å². The van der Waals surface area contributed by atoms with E-state index in [0.717, 1.165) is 35.1 Å². The average molecular weight is 406 g/mol. The SMILES string of the molecule is CCCn1c(S[C@@H](C)C(=O)Nc2ccc(C#N)cc2)nnc1-c1cccc(C)c1. The third-order valence-electron chi connectivity index (χ3n) is 4.37. The van der Waals surface area contributed by atoms with Crippen molar-refractivity contribution in [3.05, 3.63) is 59.7 Å². The van der Waals surface area contributed by atoms with Gasteiger partial charge in [-0.05, 0) is 50.6 Å². The number of nitrogens with zero attached hydrogens (tertiary/aromatic N) is 4. The van der Waals surface area contributed by atoms with Crippen LogP contribution in [-0.2, 0) is 11.3 Å². The van der Waals surface area contributed by atoms with Crippen molar-refractivity contribution >= 4 is 23.4 Å². The van der Waals surface area contributed by atoms with Gasteiger partial charge in [-0.15, -0.1) is 10.2 Å². The summed E-state index contributed by atoms with van der Waals surface area (Å²) >= 11 is 1.39. The normalized spacial score (nSPS) is 11.7. The van der Waals surface area contributed by atoms with Gasteiger partial charge >= 0.3 is 0 Å². The minimum Gasteiger partial charge on any atom is -0.325 e. The van der Waals surface area contributed by atoms with Crippen LogP contribution in [-0.4, -0.2) is 25.9 Å². The van der Waals surface area contributed by atoms with E-state index in [1.165, 1.54) is 11.8 Å². The van der Waals surface area contributed by atoms with E-state index in [-0.39, 0.29) is 11.2 Å². The Kier molecular flexibility index (Phi) is 6.68. The Morgan fingerprint density at radius 1 is 1.24 bits per heavy atom. The lowest BCUT2D eigenvalue weighted by Gasteiger charge is -2.13. The van der Waals surface area contributed by atoms with Crippen molar-refractivity contribution in [3.63, 3.8) is 0 Å². The second-order valence-corrected chi connectivity index (χ2v) is 8.07. The van der Waals surface area contributed by atoms with Crippen LogP contribution in [0.15, 0.2) is 53.7 Å². The maximum atomic E-state index is 12.6. The summed E-state index contributed by atoms with van der Waals surface area (Å²) < 4.78 is 2.07. The first-order chi connectivity index (χ1) is 14.0. The Morgan fingerprint density at radius 2 is 2.00 bits per heavy atom. The third kappa shape index (κ3) is 5.04.